The minimum absolute atomic E-state index is 0.256. The zero-order valence-electron chi connectivity index (χ0n) is 15.5. The molecule has 1 heterocycles. The molecule has 3 rings (SSSR count). The van der Waals surface area contributed by atoms with Crippen LogP contribution in [-0.2, 0) is 6.54 Å². The molecule has 28 heavy (non-hydrogen) atoms. The Labute approximate surface area is 162 Å². The van der Waals surface area contributed by atoms with Crippen LogP contribution in [0.5, 0.6) is 5.88 Å². The summed E-state index contributed by atoms with van der Waals surface area (Å²) < 4.78 is 20.4. The molecule has 2 amide bonds. The Bertz CT molecular complexity index is 985. The normalized spacial score (nSPS) is 11.3. The van der Waals surface area contributed by atoms with Crippen molar-refractivity contribution in [2.24, 2.45) is 4.99 Å². The van der Waals surface area contributed by atoms with Crippen molar-refractivity contribution in [1.82, 2.24) is 15.1 Å². The number of urea groups is 1. The Morgan fingerprint density at radius 1 is 1.18 bits per heavy atom. The maximum absolute atomic E-state index is 12.9. The number of carbonyl (C=O) groups excluding carboxylic acids is 1. The average molecular weight is 380 g/mol. The maximum Gasteiger partial charge on any atom is 0.341 e. The van der Waals surface area contributed by atoms with Crippen LogP contribution >= 0.6 is 0 Å². The van der Waals surface area contributed by atoms with Gasteiger partial charge in [-0.05, 0) is 36.2 Å². The first-order chi connectivity index (χ1) is 13.7. The second kappa shape index (κ2) is 9.45. The van der Waals surface area contributed by atoms with Crippen LogP contribution in [0.25, 0.3) is 5.69 Å². The fraction of sp³-hybridized carbons (Fsp3) is 0.190. The van der Waals surface area contributed by atoms with E-state index < -0.39 is 6.03 Å². The molecule has 0 aliphatic rings. The summed E-state index contributed by atoms with van der Waals surface area (Å²) in [5, 5.41) is 7.42. The summed E-state index contributed by atoms with van der Waals surface area (Å²) in [7, 11) is 0. The summed E-state index contributed by atoms with van der Waals surface area (Å²) in [6, 6.07) is 16.7. The lowest BCUT2D eigenvalue weighted by Crippen LogP contribution is -2.22. The zero-order chi connectivity index (χ0) is 19.8. The minimum atomic E-state index is -0.509. The van der Waals surface area contributed by atoms with E-state index in [9.17, 15) is 9.18 Å². The molecule has 0 aliphatic heterocycles. The molecule has 0 unspecified atom stereocenters. The molecular weight excluding hydrogens is 359 g/mol. The third-order valence-electron chi connectivity index (χ3n) is 3.83. The largest absolute Gasteiger partial charge is 0.478 e. The Balaban J connectivity index is 1.78. The standard InChI is InChI=1S/C21H21FN4O2/c1-2-12-28-20-13-18(15-24-26(20)19-6-4-3-5-7-19)25-21(27)23-14-16-8-10-17(22)11-9-16/h3-11,13,15H,2,12,14H2,1H3,(H,23,27)/b25-18-. The highest BCUT2D eigenvalue weighted by atomic mass is 19.1. The van der Waals surface area contributed by atoms with E-state index in [1.807, 2.05) is 37.3 Å². The highest BCUT2D eigenvalue weighted by molar-refractivity contribution is 5.74. The van der Waals surface area contributed by atoms with Crippen LogP contribution in [-0.4, -0.2) is 22.4 Å². The summed E-state index contributed by atoms with van der Waals surface area (Å²) in [5.41, 5.74) is 1.63. The van der Waals surface area contributed by atoms with E-state index in [1.165, 1.54) is 18.3 Å². The van der Waals surface area contributed by atoms with Gasteiger partial charge in [-0.1, -0.05) is 37.3 Å². The molecule has 3 aromatic rings. The molecule has 7 heteroatoms. The number of aromatic nitrogens is 2. The molecule has 0 radical (unpaired) electrons. The predicted octanol–water partition coefficient (Wildman–Crippen LogP) is 3.61. The fourth-order valence-corrected chi connectivity index (χ4v) is 2.47. The van der Waals surface area contributed by atoms with E-state index in [-0.39, 0.29) is 12.4 Å². The Morgan fingerprint density at radius 2 is 1.93 bits per heavy atom. The summed E-state index contributed by atoms with van der Waals surface area (Å²) in [4.78, 5) is 16.1. The number of nitrogens with zero attached hydrogens (tertiary/aromatic N) is 3. The molecule has 1 N–H and O–H groups in total. The van der Waals surface area contributed by atoms with Crippen molar-refractivity contribution < 1.29 is 13.9 Å². The lowest BCUT2D eigenvalue weighted by Gasteiger charge is -2.12. The number of benzene rings is 2. The van der Waals surface area contributed by atoms with E-state index in [2.05, 4.69) is 15.4 Å². The number of halogens is 1. The molecule has 0 spiro atoms. The first-order valence-corrected chi connectivity index (χ1v) is 9.00. The second-order valence-corrected chi connectivity index (χ2v) is 6.04. The topological polar surface area (TPSA) is 68.5 Å². The van der Waals surface area contributed by atoms with Crippen molar-refractivity contribution in [3.05, 3.63) is 83.6 Å². The molecule has 0 saturated carbocycles. The molecule has 0 aliphatic carbocycles. The zero-order valence-corrected chi connectivity index (χ0v) is 15.5. The van der Waals surface area contributed by atoms with E-state index in [1.54, 1.807) is 22.9 Å². The smallest absolute Gasteiger partial charge is 0.341 e. The molecule has 0 atom stereocenters. The van der Waals surface area contributed by atoms with Gasteiger partial charge >= 0.3 is 6.03 Å². The van der Waals surface area contributed by atoms with Gasteiger partial charge in [0.1, 0.15) is 5.82 Å². The molecule has 6 nitrogen and oxygen atoms in total. The number of para-hydroxylation sites is 1. The van der Waals surface area contributed by atoms with E-state index in [0.29, 0.717) is 17.8 Å². The fourth-order valence-electron chi connectivity index (χ4n) is 2.47. The van der Waals surface area contributed by atoms with Gasteiger partial charge in [0.2, 0.25) is 5.88 Å². The van der Waals surface area contributed by atoms with Crippen molar-refractivity contribution in [3.63, 3.8) is 0 Å². The monoisotopic (exact) mass is 380 g/mol. The van der Waals surface area contributed by atoms with Gasteiger partial charge in [-0.3, -0.25) is 0 Å². The van der Waals surface area contributed by atoms with E-state index >= 15 is 0 Å². The Kier molecular flexibility index (Phi) is 6.51. The summed E-state index contributed by atoms with van der Waals surface area (Å²) in [5.74, 6) is 0.182. The van der Waals surface area contributed by atoms with Gasteiger partial charge in [-0.2, -0.15) is 10.1 Å². The van der Waals surface area contributed by atoms with Crippen molar-refractivity contribution in [2.75, 3.05) is 6.61 Å². The number of nitrogens with one attached hydrogen (secondary N) is 1. The van der Waals surface area contributed by atoms with Gasteiger partial charge in [0, 0.05) is 12.6 Å². The van der Waals surface area contributed by atoms with Crippen LogP contribution < -0.4 is 15.4 Å². The molecule has 1 aromatic heterocycles. The third-order valence-corrected chi connectivity index (χ3v) is 3.83. The maximum atomic E-state index is 12.9. The van der Waals surface area contributed by atoms with E-state index in [4.69, 9.17) is 4.74 Å². The first kappa shape index (κ1) is 19.3. The Morgan fingerprint density at radius 3 is 2.64 bits per heavy atom. The van der Waals surface area contributed by atoms with Crippen molar-refractivity contribution in [3.8, 4) is 11.6 Å². The summed E-state index contributed by atoms with van der Waals surface area (Å²) >= 11 is 0. The first-order valence-electron chi connectivity index (χ1n) is 9.00. The van der Waals surface area contributed by atoms with Gasteiger partial charge < -0.3 is 10.1 Å². The number of ether oxygens (including phenoxy) is 1. The lowest BCUT2D eigenvalue weighted by atomic mass is 10.2. The van der Waals surface area contributed by atoms with Crippen LogP contribution in [0.3, 0.4) is 0 Å². The highest BCUT2D eigenvalue weighted by Crippen LogP contribution is 2.14. The molecule has 144 valence electrons. The van der Waals surface area contributed by atoms with Gasteiger partial charge in [0.25, 0.3) is 0 Å². The van der Waals surface area contributed by atoms with Crippen molar-refractivity contribution in [2.45, 2.75) is 19.9 Å². The van der Waals surface area contributed by atoms with Gasteiger partial charge in [0.15, 0.2) is 0 Å². The lowest BCUT2D eigenvalue weighted by molar-refractivity contribution is 0.248. The molecule has 0 bridgehead atoms. The predicted molar refractivity (Wildman–Crippen MR) is 104 cm³/mol. The highest BCUT2D eigenvalue weighted by Gasteiger charge is 2.06. The minimum Gasteiger partial charge on any atom is -0.478 e. The van der Waals surface area contributed by atoms with E-state index in [0.717, 1.165) is 17.7 Å². The van der Waals surface area contributed by atoms with Gasteiger partial charge in [0.05, 0.1) is 23.8 Å². The summed E-state index contributed by atoms with van der Waals surface area (Å²) in [6.45, 7) is 2.79. The van der Waals surface area contributed by atoms with Gasteiger partial charge in [-0.15, -0.1) is 0 Å². The van der Waals surface area contributed by atoms with Crippen molar-refractivity contribution in [1.29, 1.82) is 0 Å². The number of hydrogen-bond donors (Lipinski definition) is 1. The van der Waals surface area contributed by atoms with Crippen LogP contribution in [0, 0.1) is 5.82 Å². The Hall–Kier alpha value is -3.48. The van der Waals surface area contributed by atoms with Crippen LogP contribution in [0.2, 0.25) is 0 Å². The van der Waals surface area contributed by atoms with Crippen LogP contribution in [0.1, 0.15) is 18.9 Å². The number of amides is 2. The second-order valence-electron chi connectivity index (χ2n) is 6.04. The van der Waals surface area contributed by atoms with Crippen LogP contribution in [0.4, 0.5) is 9.18 Å². The summed E-state index contributed by atoms with van der Waals surface area (Å²) in [6.07, 6.45) is 2.34. The number of hydrogen-bond acceptors (Lipinski definition) is 3. The molecule has 2 aromatic carbocycles. The quantitative estimate of drug-likeness (QED) is 0.710. The van der Waals surface area contributed by atoms with Crippen LogP contribution in [0.15, 0.2) is 71.9 Å². The molecular formula is C21H21FN4O2. The number of rotatable bonds is 6. The van der Waals surface area contributed by atoms with Crippen molar-refractivity contribution >= 4 is 6.03 Å². The van der Waals surface area contributed by atoms with Gasteiger partial charge in [-0.25, -0.2) is 13.9 Å². The number of carbonyl (C=O) groups is 1. The SMILES string of the molecule is CCCOc1c/c(=N/C(=O)NCc2ccc(F)cc2)cnn1-c1ccccc1. The average Bonchev–Trinajstić information content (AvgIpc) is 2.72. The molecule has 0 saturated heterocycles. The third kappa shape index (κ3) is 5.26. The molecule has 0 fully saturated rings.